The lowest BCUT2D eigenvalue weighted by atomic mass is 9.74. The van der Waals surface area contributed by atoms with Crippen molar-refractivity contribution in [2.24, 2.45) is 5.41 Å². The molecule has 0 spiro atoms. The van der Waals surface area contributed by atoms with E-state index in [1.807, 2.05) is 31.2 Å². The molecular weight excluding hydrogens is 372 g/mol. The average Bonchev–Trinajstić information content (AvgIpc) is 2.72. The van der Waals surface area contributed by atoms with Crippen LogP contribution in [0, 0.1) is 12.3 Å². The molecule has 2 aromatic heterocycles. The molecule has 0 aliphatic heterocycles. The monoisotopic (exact) mass is 406 g/mol. The Kier molecular flexibility index (Phi) is 7.14. The number of hydrogen-bond acceptors (Lipinski definition) is 4. The van der Waals surface area contributed by atoms with E-state index in [4.69, 9.17) is 0 Å². The highest BCUT2D eigenvalue weighted by Crippen LogP contribution is 2.37. The summed E-state index contributed by atoms with van der Waals surface area (Å²) < 4.78 is 0. The summed E-state index contributed by atoms with van der Waals surface area (Å²) in [6, 6.07) is 5.81. The quantitative estimate of drug-likeness (QED) is 0.657. The van der Waals surface area contributed by atoms with E-state index >= 15 is 0 Å². The van der Waals surface area contributed by atoms with Gasteiger partial charge < -0.3 is 5.32 Å². The topological polar surface area (TPSA) is 67.8 Å². The Hall–Kier alpha value is -2.82. The van der Waals surface area contributed by atoms with Gasteiger partial charge in [-0.3, -0.25) is 9.78 Å². The molecule has 2 aromatic rings. The molecule has 5 nitrogen and oxygen atoms in total. The molecule has 160 valence electrons. The van der Waals surface area contributed by atoms with Gasteiger partial charge in [-0.1, -0.05) is 37.6 Å². The number of carbonyl (C=O) groups excluding carboxylic acids is 1. The highest BCUT2D eigenvalue weighted by molar-refractivity contribution is 5.83. The maximum atomic E-state index is 13.3. The van der Waals surface area contributed by atoms with Gasteiger partial charge in [0.2, 0.25) is 5.91 Å². The Morgan fingerprint density at radius 1 is 1.30 bits per heavy atom. The van der Waals surface area contributed by atoms with Crippen LogP contribution in [0.5, 0.6) is 0 Å². The van der Waals surface area contributed by atoms with Crippen molar-refractivity contribution in [3.05, 3.63) is 66.0 Å². The highest BCUT2D eigenvalue weighted by Gasteiger charge is 2.36. The minimum absolute atomic E-state index is 0. The third-order valence-electron chi connectivity index (χ3n) is 6.01. The highest BCUT2D eigenvalue weighted by atomic mass is 16.2. The molecule has 0 radical (unpaired) electrons. The minimum Gasteiger partial charge on any atom is -0.355 e. The van der Waals surface area contributed by atoms with Crippen molar-refractivity contribution in [3.63, 3.8) is 0 Å². The van der Waals surface area contributed by atoms with E-state index in [0.29, 0.717) is 13.0 Å². The molecule has 1 aliphatic rings. The number of amides is 1. The molecular formula is C25H34N4O. The van der Waals surface area contributed by atoms with Gasteiger partial charge in [0.25, 0.3) is 0 Å². The fourth-order valence-corrected chi connectivity index (χ4v) is 4.20. The maximum absolute atomic E-state index is 13.3. The first kappa shape index (κ1) is 21.9. The minimum atomic E-state index is -0.492. The maximum Gasteiger partial charge on any atom is 0.226 e. The van der Waals surface area contributed by atoms with Gasteiger partial charge in [0.05, 0.1) is 16.8 Å². The second-order valence-corrected chi connectivity index (χ2v) is 8.50. The summed E-state index contributed by atoms with van der Waals surface area (Å²) in [4.78, 5) is 17.8. The van der Waals surface area contributed by atoms with E-state index in [1.54, 1.807) is 6.20 Å². The summed E-state index contributed by atoms with van der Waals surface area (Å²) in [7, 11) is 0. The van der Waals surface area contributed by atoms with Crippen LogP contribution in [0.15, 0.2) is 49.2 Å². The van der Waals surface area contributed by atoms with Crippen LogP contribution in [0.3, 0.4) is 0 Å². The molecule has 1 atom stereocenters. The molecule has 1 amide bonds. The predicted molar refractivity (Wildman–Crippen MR) is 123 cm³/mol. The van der Waals surface area contributed by atoms with Gasteiger partial charge in [0, 0.05) is 14.2 Å². The number of nitrogens with one attached hydrogen (secondary N) is 1. The lowest BCUT2D eigenvalue weighted by Crippen LogP contribution is -2.42. The summed E-state index contributed by atoms with van der Waals surface area (Å²) >= 11 is 0. The molecule has 0 aromatic carbocycles. The van der Waals surface area contributed by atoms with E-state index < -0.39 is 5.41 Å². The van der Waals surface area contributed by atoms with Gasteiger partial charge in [0.15, 0.2) is 0 Å². The van der Waals surface area contributed by atoms with Crippen LogP contribution < -0.4 is 5.32 Å². The first-order valence-corrected chi connectivity index (χ1v) is 10.8. The number of fused-ring (bicyclic) bond motifs is 1. The number of pyridine rings is 1. The molecule has 0 bridgehead atoms. The van der Waals surface area contributed by atoms with Crippen molar-refractivity contribution in [1.82, 2.24) is 20.5 Å². The third-order valence-corrected chi connectivity index (χ3v) is 6.01. The predicted octanol–water partition coefficient (Wildman–Crippen LogP) is 5.01. The first-order chi connectivity index (χ1) is 14.4. The van der Waals surface area contributed by atoms with Crippen LogP contribution in [0.1, 0.15) is 57.3 Å². The number of aromatic nitrogens is 3. The van der Waals surface area contributed by atoms with Crippen LogP contribution in [0.25, 0.3) is 11.4 Å². The Labute approximate surface area is 181 Å². The van der Waals surface area contributed by atoms with E-state index in [1.165, 1.54) is 5.56 Å². The number of allylic oxidation sites excluding steroid dienone is 1. The summed E-state index contributed by atoms with van der Waals surface area (Å²) in [5.74, 6) is 0.100. The largest absolute Gasteiger partial charge is 0.355 e. The second-order valence-electron chi connectivity index (χ2n) is 8.50. The molecule has 30 heavy (non-hydrogen) atoms. The smallest absolute Gasteiger partial charge is 0.226 e. The zero-order valence-corrected chi connectivity index (χ0v) is 18.2. The van der Waals surface area contributed by atoms with Crippen molar-refractivity contribution >= 4 is 5.91 Å². The number of aryl methyl sites for hydroxylation is 1. The van der Waals surface area contributed by atoms with Gasteiger partial charge in [-0.15, -0.1) is 11.7 Å². The van der Waals surface area contributed by atoms with Crippen LogP contribution in [-0.4, -0.2) is 27.6 Å². The fourth-order valence-electron chi connectivity index (χ4n) is 4.20. The van der Waals surface area contributed by atoms with Crippen molar-refractivity contribution in [2.75, 3.05) is 6.54 Å². The lowest BCUT2D eigenvalue weighted by Gasteiger charge is -2.32. The van der Waals surface area contributed by atoms with Crippen molar-refractivity contribution in [1.29, 1.82) is 0 Å². The molecule has 0 saturated carbocycles. The molecule has 5 heteroatoms. The van der Waals surface area contributed by atoms with Gasteiger partial charge in [0.1, 0.15) is 5.69 Å². The summed E-state index contributed by atoms with van der Waals surface area (Å²) in [5, 5.41) is 12.1. The normalized spacial score (nSPS) is 18.6. The van der Waals surface area contributed by atoms with E-state index in [2.05, 4.69) is 40.6 Å². The summed E-state index contributed by atoms with van der Waals surface area (Å²) in [5.41, 5.74) is 5.51. The van der Waals surface area contributed by atoms with E-state index in [9.17, 15) is 4.79 Å². The molecule has 1 aliphatic carbocycles. The molecule has 3 rings (SSSR count). The average molecular weight is 407 g/mol. The van der Waals surface area contributed by atoms with E-state index in [-0.39, 0.29) is 7.33 Å². The zero-order valence-electron chi connectivity index (χ0n) is 18.2. The Morgan fingerprint density at radius 2 is 2.13 bits per heavy atom. The number of hydrogen-bond donors (Lipinski definition) is 1. The SMILES string of the molecule is C=CCC(=C)CCNC(=O)C1(C)CCCCc2c(C)nnc(-c3ccccn3)c2C1.[HH]. The summed E-state index contributed by atoms with van der Waals surface area (Å²) in [6.45, 7) is 12.5. The standard InChI is InChI=1S/C25H32N4O.H2/c1-5-10-18(2)13-16-27-24(30)25(4)14-8-6-11-20-19(3)28-29-23(21(20)17-25)22-12-7-9-15-26-22;/h5,7,9,12,15H,1-2,6,8,10-11,13-14,16-17H2,3-4H3,(H,27,30);1H. The first-order valence-electron chi connectivity index (χ1n) is 10.8. The number of carbonyl (C=O) groups is 1. The molecule has 0 fully saturated rings. The van der Waals surface area contributed by atoms with Gasteiger partial charge in [-0.05, 0) is 68.7 Å². The third kappa shape index (κ3) is 5.02. The van der Waals surface area contributed by atoms with Crippen LogP contribution >= 0.6 is 0 Å². The van der Waals surface area contributed by atoms with Gasteiger partial charge in [-0.25, -0.2) is 0 Å². The Morgan fingerprint density at radius 3 is 2.87 bits per heavy atom. The van der Waals surface area contributed by atoms with Crippen molar-refractivity contribution in [3.8, 4) is 11.4 Å². The van der Waals surface area contributed by atoms with Crippen molar-refractivity contribution < 1.29 is 6.22 Å². The van der Waals surface area contributed by atoms with Crippen LogP contribution in [0.4, 0.5) is 0 Å². The molecule has 1 unspecified atom stereocenters. The lowest BCUT2D eigenvalue weighted by molar-refractivity contribution is -0.130. The molecule has 1 N–H and O–H groups in total. The van der Waals surface area contributed by atoms with Gasteiger partial charge in [-0.2, -0.15) is 5.10 Å². The van der Waals surface area contributed by atoms with Crippen LogP contribution in [0.2, 0.25) is 0 Å². The van der Waals surface area contributed by atoms with Crippen LogP contribution in [-0.2, 0) is 17.6 Å². The fraction of sp³-hybridized carbons (Fsp3) is 0.440. The zero-order chi connectivity index (χ0) is 21.6. The molecule has 0 saturated heterocycles. The van der Waals surface area contributed by atoms with Gasteiger partial charge >= 0.3 is 0 Å². The summed E-state index contributed by atoms with van der Waals surface area (Å²) in [6.07, 6.45) is 9.70. The molecule has 2 heterocycles. The number of nitrogens with zero attached hydrogens (tertiary/aromatic N) is 3. The van der Waals surface area contributed by atoms with Crippen molar-refractivity contribution in [2.45, 2.75) is 58.8 Å². The Bertz CT molecular complexity index is 929. The second kappa shape index (κ2) is 9.79. The number of rotatable bonds is 7. The Balaban J connectivity index is 0.00000341. The van der Waals surface area contributed by atoms with E-state index in [0.717, 1.165) is 66.7 Å².